The number of hydrogen-bond donors (Lipinski definition) is 5. The molecule has 0 fully saturated rings. The summed E-state index contributed by atoms with van der Waals surface area (Å²) in [4.78, 5) is 48.9. The molecule has 0 aliphatic carbocycles. The Bertz CT molecular complexity index is 709. The Morgan fingerprint density at radius 1 is 0.900 bits per heavy atom. The molecule has 9 nitrogen and oxygen atoms in total. The highest BCUT2D eigenvalue weighted by Gasteiger charge is 2.27. The summed E-state index contributed by atoms with van der Waals surface area (Å²) in [5, 5.41) is 10.5. The molecule has 2 atom stereocenters. The summed E-state index contributed by atoms with van der Waals surface area (Å²) in [6.07, 6.45) is 0.642. The number of hydrogen-bond acceptors (Lipinski definition) is 5. The molecule has 166 valence electrons. The molecule has 1 rings (SSSR count). The van der Waals surface area contributed by atoms with Gasteiger partial charge in [0.1, 0.15) is 12.1 Å². The highest BCUT2D eigenvalue weighted by atomic mass is 16.2. The molecule has 4 amide bonds. The predicted molar refractivity (Wildman–Crippen MR) is 114 cm³/mol. The summed E-state index contributed by atoms with van der Waals surface area (Å²) in [5.74, 6) is -1.59. The Balaban J connectivity index is 2.87. The molecule has 0 radical (unpaired) electrons. The maximum absolute atomic E-state index is 12.9. The Labute approximate surface area is 177 Å². The summed E-state index contributed by atoms with van der Waals surface area (Å²) in [6, 6.07) is 7.51. The predicted octanol–water partition coefficient (Wildman–Crippen LogP) is -0.544. The van der Waals surface area contributed by atoms with Crippen LogP contribution >= 0.6 is 0 Å². The molecular formula is C21H33N5O4. The first kappa shape index (κ1) is 25.1. The second kappa shape index (κ2) is 13.3. The molecule has 0 saturated heterocycles. The molecule has 0 bridgehead atoms. The van der Waals surface area contributed by atoms with E-state index in [0.717, 1.165) is 5.56 Å². The average molecular weight is 420 g/mol. The van der Waals surface area contributed by atoms with Crippen molar-refractivity contribution in [2.75, 3.05) is 19.6 Å². The first-order valence-electron chi connectivity index (χ1n) is 10.1. The average Bonchev–Trinajstić information content (AvgIpc) is 2.71. The van der Waals surface area contributed by atoms with Crippen LogP contribution in [0.15, 0.2) is 30.3 Å². The summed E-state index contributed by atoms with van der Waals surface area (Å²) in [6.45, 7) is 5.67. The van der Waals surface area contributed by atoms with E-state index >= 15 is 0 Å². The van der Waals surface area contributed by atoms with Crippen molar-refractivity contribution in [2.45, 2.75) is 45.7 Å². The van der Waals surface area contributed by atoms with Gasteiger partial charge in [0.05, 0.1) is 13.1 Å². The lowest BCUT2D eigenvalue weighted by atomic mass is 10.0. The first-order valence-corrected chi connectivity index (χ1v) is 10.1. The van der Waals surface area contributed by atoms with E-state index in [2.05, 4.69) is 21.3 Å². The van der Waals surface area contributed by atoms with Gasteiger partial charge in [-0.2, -0.15) is 0 Å². The third-order valence-corrected chi connectivity index (χ3v) is 4.26. The number of carbonyl (C=O) groups excluding carboxylic acids is 4. The van der Waals surface area contributed by atoms with Crippen molar-refractivity contribution in [1.82, 2.24) is 21.3 Å². The van der Waals surface area contributed by atoms with Gasteiger partial charge in [-0.25, -0.2) is 0 Å². The highest BCUT2D eigenvalue weighted by Crippen LogP contribution is 2.08. The van der Waals surface area contributed by atoms with Gasteiger partial charge < -0.3 is 27.0 Å². The van der Waals surface area contributed by atoms with E-state index in [4.69, 9.17) is 5.73 Å². The van der Waals surface area contributed by atoms with E-state index in [-0.39, 0.29) is 31.3 Å². The number of likely N-dealkylation sites (N-methyl/N-ethyl adjacent to an activating group) is 1. The third kappa shape index (κ3) is 9.51. The van der Waals surface area contributed by atoms with Crippen molar-refractivity contribution in [3.05, 3.63) is 35.9 Å². The van der Waals surface area contributed by atoms with Crippen LogP contribution in [0.2, 0.25) is 0 Å². The van der Waals surface area contributed by atoms with Gasteiger partial charge in [-0.3, -0.25) is 19.2 Å². The van der Waals surface area contributed by atoms with E-state index < -0.39 is 29.8 Å². The number of amides is 4. The van der Waals surface area contributed by atoms with Crippen LogP contribution in [-0.2, 0) is 25.6 Å². The van der Waals surface area contributed by atoms with Gasteiger partial charge in [-0.15, -0.1) is 0 Å². The van der Waals surface area contributed by atoms with Crippen molar-refractivity contribution in [1.29, 1.82) is 0 Å². The van der Waals surface area contributed by atoms with Crippen LogP contribution in [0, 0.1) is 5.92 Å². The first-order chi connectivity index (χ1) is 14.3. The fourth-order valence-electron chi connectivity index (χ4n) is 2.84. The Hall–Kier alpha value is -2.94. The lowest BCUT2D eigenvalue weighted by Gasteiger charge is -2.24. The van der Waals surface area contributed by atoms with Crippen LogP contribution in [0.4, 0.5) is 0 Å². The fourth-order valence-corrected chi connectivity index (χ4v) is 2.84. The van der Waals surface area contributed by atoms with Crippen molar-refractivity contribution in [3.63, 3.8) is 0 Å². The molecule has 0 spiro atoms. The molecule has 1 aromatic carbocycles. The van der Waals surface area contributed by atoms with E-state index in [0.29, 0.717) is 13.0 Å². The van der Waals surface area contributed by atoms with Crippen LogP contribution in [-0.4, -0.2) is 55.3 Å². The largest absolute Gasteiger partial charge is 0.355 e. The minimum absolute atomic E-state index is 0.122. The number of rotatable bonds is 12. The zero-order chi connectivity index (χ0) is 22.5. The molecule has 9 heteroatoms. The summed E-state index contributed by atoms with van der Waals surface area (Å²) in [7, 11) is 0. The zero-order valence-electron chi connectivity index (χ0n) is 17.9. The molecular weight excluding hydrogens is 386 g/mol. The van der Waals surface area contributed by atoms with Gasteiger partial charge in [-0.1, -0.05) is 44.2 Å². The molecule has 0 heterocycles. The number of carbonyl (C=O) groups is 4. The van der Waals surface area contributed by atoms with Crippen molar-refractivity contribution in [2.24, 2.45) is 11.7 Å². The van der Waals surface area contributed by atoms with E-state index in [1.807, 2.05) is 44.2 Å². The molecule has 0 saturated carbocycles. The molecule has 0 unspecified atom stereocenters. The summed E-state index contributed by atoms with van der Waals surface area (Å²) >= 11 is 0. The normalized spacial score (nSPS) is 12.6. The smallest absolute Gasteiger partial charge is 0.243 e. The van der Waals surface area contributed by atoms with Crippen molar-refractivity contribution < 1.29 is 19.2 Å². The molecule has 0 aromatic heterocycles. The Morgan fingerprint density at radius 3 is 2.13 bits per heavy atom. The zero-order valence-corrected chi connectivity index (χ0v) is 17.9. The third-order valence-electron chi connectivity index (χ3n) is 4.26. The van der Waals surface area contributed by atoms with Crippen molar-refractivity contribution >= 4 is 23.6 Å². The SMILES string of the molecule is CCNC(=O)CNC(=O)[C@H](CC(C)C)NC(=O)[C@H](Cc1ccccc1)NC(=O)CN. The van der Waals surface area contributed by atoms with Crippen LogP contribution in [0.5, 0.6) is 0 Å². The van der Waals surface area contributed by atoms with E-state index in [9.17, 15) is 19.2 Å². The molecule has 30 heavy (non-hydrogen) atoms. The number of nitrogens with two attached hydrogens (primary N) is 1. The molecule has 0 aliphatic rings. The summed E-state index contributed by atoms with van der Waals surface area (Å²) < 4.78 is 0. The number of nitrogens with one attached hydrogen (secondary N) is 4. The van der Waals surface area contributed by atoms with Gasteiger partial charge in [0.25, 0.3) is 0 Å². The molecule has 1 aromatic rings. The fraction of sp³-hybridized carbons (Fsp3) is 0.524. The van der Waals surface area contributed by atoms with Crippen LogP contribution < -0.4 is 27.0 Å². The Morgan fingerprint density at radius 2 is 1.57 bits per heavy atom. The van der Waals surface area contributed by atoms with Crippen LogP contribution in [0.1, 0.15) is 32.8 Å². The van der Waals surface area contributed by atoms with Gasteiger partial charge in [0.2, 0.25) is 23.6 Å². The van der Waals surface area contributed by atoms with Gasteiger partial charge >= 0.3 is 0 Å². The highest BCUT2D eigenvalue weighted by molar-refractivity contribution is 5.93. The maximum Gasteiger partial charge on any atom is 0.243 e. The lowest BCUT2D eigenvalue weighted by Crippen LogP contribution is -2.56. The Kier molecular flexibility index (Phi) is 11.1. The molecule has 6 N–H and O–H groups in total. The van der Waals surface area contributed by atoms with Gasteiger partial charge in [0, 0.05) is 13.0 Å². The topological polar surface area (TPSA) is 142 Å². The van der Waals surface area contributed by atoms with E-state index in [1.165, 1.54) is 0 Å². The maximum atomic E-state index is 12.9. The monoisotopic (exact) mass is 419 g/mol. The van der Waals surface area contributed by atoms with Crippen molar-refractivity contribution in [3.8, 4) is 0 Å². The van der Waals surface area contributed by atoms with Gasteiger partial charge in [0.15, 0.2) is 0 Å². The number of benzene rings is 1. The minimum Gasteiger partial charge on any atom is -0.355 e. The minimum atomic E-state index is -0.880. The standard InChI is InChI=1S/C21H33N5O4/c1-4-23-19(28)13-24-20(29)16(10-14(2)3)26-21(30)17(25-18(27)12-22)11-15-8-6-5-7-9-15/h5-9,14,16-17H,4,10-13,22H2,1-3H3,(H,23,28)(H,24,29)(H,25,27)(H,26,30)/t16-,17-/m0/s1. The second-order valence-corrected chi connectivity index (χ2v) is 7.38. The summed E-state index contributed by atoms with van der Waals surface area (Å²) in [5.41, 5.74) is 6.23. The van der Waals surface area contributed by atoms with Crippen LogP contribution in [0.25, 0.3) is 0 Å². The van der Waals surface area contributed by atoms with Crippen LogP contribution in [0.3, 0.4) is 0 Å². The second-order valence-electron chi connectivity index (χ2n) is 7.38. The van der Waals surface area contributed by atoms with Gasteiger partial charge in [-0.05, 0) is 24.8 Å². The molecule has 0 aliphatic heterocycles. The lowest BCUT2D eigenvalue weighted by molar-refractivity contribution is -0.132. The quantitative estimate of drug-likeness (QED) is 0.309. The van der Waals surface area contributed by atoms with E-state index in [1.54, 1.807) is 6.92 Å².